The van der Waals surface area contributed by atoms with E-state index in [1.165, 1.54) is 5.56 Å². The Labute approximate surface area is 87.6 Å². The number of hydrogen-bond acceptors (Lipinski definition) is 4. The predicted molar refractivity (Wildman–Crippen MR) is 55.2 cm³/mol. The van der Waals surface area contributed by atoms with Crippen LogP contribution in [0.3, 0.4) is 0 Å². The van der Waals surface area contributed by atoms with Crippen molar-refractivity contribution in [3.63, 3.8) is 0 Å². The molecule has 0 aliphatic carbocycles. The van der Waals surface area contributed by atoms with Crippen molar-refractivity contribution in [2.24, 2.45) is 5.22 Å². The maximum Gasteiger partial charge on any atom is 0.151 e. The van der Waals surface area contributed by atoms with Crippen LogP contribution in [0.15, 0.2) is 47.5 Å². The van der Waals surface area contributed by atoms with Gasteiger partial charge in [0.05, 0.1) is 6.20 Å². The van der Waals surface area contributed by atoms with Crippen molar-refractivity contribution in [1.82, 2.24) is 11.0 Å². The fourth-order valence-electron chi connectivity index (χ4n) is 1.39. The maximum atomic E-state index is 11.2. The molecule has 1 aromatic carbocycles. The molecule has 2 N–H and O–H groups in total. The molecule has 0 fully saturated rings. The topological polar surface area (TPSA) is 62.5 Å². The molecule has 1 aromatic rings. The number of aryl methyl sites for hydroxylation is 1. The van der Waals surface area contributed by atoms with Crippen LogP contribution in [0.4, 0.5) is 0 Å². The molecule has 1 aliphatic heterocycles. The summed E-state index contributed by atoms with van der Waals surface area (Å²) in [6.07, 6.45) is 3.14. The van der Waals surface area contributed by atoms with Gasteiger partial charge in [-0.25, -0.2) is 5.43 Å². The number of hydrazine groups is 1. The van der Waals surface area contributed by atoms with E-state index in [2.05, 4.69) is 16.2 Å². The minimum absolute atomic E-state index is 0.597. The SMILES string of the molecule is [O-][N+]1=NNNC=C1CCc1ccccc1. The van der Waals surface area contributed by atoms with Gasteiger partial charge < -0.3 is 5.21 Å². The molecule has 78 valence electrons. The number of allylic oxidation sites excluding steroid dienone is 1. The summed E-state index contributed by atoms with van der Waals surface area (Å²) in [6, 6.07) is 10.0. The van der Waals surface area contributed by atoms with Gasteiger partial charge in [0.1, 0.15) is 5.22 Å². The third-order valence-electron chi connectivity index (χ3n) is 2.20. The van der Waals surface area contributed by atoms with Crippen LogP contribution in [0.2, 0.25) is 0 Å². The van der Waals surface area contributed by atoms with Gasteiger partial charge in [0.15, 0.2) is 5.70 Å². The number of nitrogens with zero attached hydrogens (tertiary/aromatic N) is 2. The van der Waals surface area contributed by atoms with Crippen LogP contribution in [0.5, 0.6) is 0 Å². The average Bonchev–Trinajstić information content (AvgIpc) is 2.29. The van der Waals surface area contributed by atoms with Crippen molar-refractivity contribution in [2.45, 2.75) is 12.8 Å². The van der Waals surface area contributed by atoms with Crippen LogP contribution in [0.1, 0.15) is 12.0 Å². The highest BCUT2D eigenvalue weighted by Gasteiger charge is 2.07. The lowest BCUT2D eigenvalue weighted by Gasteiger charge is -2.12. The minimum atomic E-state index is 0.597. The number of hydrogen-bond donors (Lipinski definition) is 2. The normalized spacial score (nSPS) is 14.7. The van der Waals surface area contributed by atoms with Gasteiger partial charge in [-0.2, -0.15) is 0 Å². The van der Waals surface area contributed by atoms with Crippen molar-refractivity contribution >= 4 is 0 Å². The molecule has 0 radical (unpaired) electrons. The van der Waals surface area contributed by atoms with Gasteiger partial charge in [-0.05, 0) is 12.0 Å². The fraction of sp³-hybridized carbons (Fsp3) is 0.200. The second kappa shape index (κ2) is 4.45. The predicted octanol–water partition coefficient (Wildman–Crippen LogP) is 1.45. The molecule has 0 unspecified atom stereocenters. The zero-order valence-electron chi connectivity index (χ0n) is 8.18. The Morgan fingerprint density at radius 1 is 1.20 bits per heavy atom. The van der Waals surface area contributed by atoms with Gasteiger partial charge >= 0.3 is 0 Å². The van der Waals surface area contributed by atoms with E-state index in [-0.39, 0.29) is 0 Å². The summed E-state index contributed by atoms with van der Waals surface area (Å²) in [7, 11) is 0. The quantitative estimate of drug-likeness (QED) is 0.578. The van der Waals surface area contributed by atoms with E-state index in [1.54, 1.807) is 6.20 Å². The molecule has 0 aromatic heterocycles. The van der Waals surface area contributed by atoms with Crippen LogP contribution < -0.4 is 11.0 Å². The van der Waals surface area contributed by atoms with Crippen LogP contribution in [0, 0.1) is 5.21 Å². The van der Waals surface area contributed by atoms with E-state index in [1.807, 2.05) is 30.3 Å². The molecule has 0 spiro atoms. The molecule has 0 saturated heterocycles. The molecule has 0 amide bonds. The first-order valence-corrected chi connectivity index (χ1v) is 4.77. The molecular formula is C10H12N4O. The second-order valence-electron chi connectivity index (χ2n) is 3.25. The third-order valence-corrected chi connectivity index (χ3v) is 2.20. The highest BCUT2D eigenvalue weighted by atomic mass is 16.5. The molecule has 1 heterocycles. The van der Waals surface area contributed by atoms with E-state index < -0.39 is 0 Å². The largest absolute Gasteiger partial charge is 0.691 e. The lowest BCUT2D eigenvalue weighted by atomic mass is 10.1. The smallest absolute Gasteiger partial charge is 0.151 e. The molecule has 0 saturated carbocycles. The highest BCUT2D eigenvalue weighted by molar-refractivity contribution is 5.15. The van der Waals surface area contributed by atoms with Crippen LogP contribution >= 0.6 is 0 Å². The Bertz CT molecular complexity index is 386. The van der Waals surface area contributed by atoms with Gasteiger partial charge in [-0.1, -0.05) is 35.9 Å². The maximum absolute atomic E-state index is 11.2. The molecule has 0 atom stereocenters. The van der Waals surface area contributed by atoms with Gasteiger partial charge in [-0.15, -0.1) is 4.86 Å². The first kappa shape index (κ1) is 9.51. The van der Waals surface area contributed by atoms with E-state index >= 15 is 0 Å². The third kappa shape index (κ3) is 2.46. The zero-order chi connectivity index (χ0) is 10.5. The van der Waals surface area contributed by atoms with Gasteiger partial charge in [0.2, 0.25) is 0 Å². The van der Waals surface area contributed by atoms with E-state index in [9.17, 15) is 5.21 Å². The van der Waals surface area contributed by atoms with Gasteiger partial charge in [0.25, 0.3) is 0 Å². The Hall–Kier alpha value is -2.04. The molecule has 5 heteroatoms. The number of benzene rings is 1. The monoisotopic (exact) mass is 204 g/mol. The average molecular weight is 204 g/mol. The second-order valence-corrected chi connectivity index (χ2v) is 3.25. The number of rotatable bonds is 3. The summed E-state index contributed by atoms with van der Waals surface area (Å²) in [5, 5.41) is 14.7. The van der Waals surface area contributed by atoms with Gasteiger partial charge in [0, 0.05) is 6.42 Å². The Morgan fingerprint density at radius 2 is 2.00 bits per heavy atom. The lowest BCUT2D eigenvalue weighted by Crippen LogP contribution is -2.29. The standard InChI is InChI=1S/C10H12N4O/c15-14-10(8-11-12-13-14)7-6-9-4-2-1-3-5-9/h1-5,8,11-12H,6-7H2. The minimum Gasteiger partial charge on any atom is -0.691 e. The molecule has 0 bridgehead atoms. The molecule has 15 heavy (non-hydrogen) atoms. The number of nitrogens with one attached hydrogen (secondary N) is 2. The lowest BCUT2D eigenvalue weighted by molar-refractivity contribution is -0.492. The summed E-state index contributed by atoms with van der Waals surface area (Å²) < 4.78 is 0. The van der Waals surface area contributed by atoms with Gasteiger partial charge in [-0.3, -0.25) is 0 Å². The van der Waals surface area contributed by atoms with E-state index in [0.29, 0.717) is 17.0 Å². The Morgan fingerprint density at radius 3 is 2.73 bits per heavy atom. The highest BCUT2D eigenvalue weighted by Crippen LogP contribution is 2.10. The molecule has 1 aliphatic rings. The van der Waals surface area contributed by atoms with Crippen LogP contribution in [-0.2, 0) is 6.42 Å². The summed E-state index contributed by atoms with van der Waals surface area (Å²) in [5.74, 6) is 0. The van der Waals surface area contributed by atoms with Crippen molar-refractivity contribution in [3.8, 4) is 0 Å². The molecule has 2 rings (SSSR count). The Kier molecular flexibility index (Phi) is 2.82. The van der Waals surface area contributed by atoms with Crippen molar-refractivity contribution in [3.05, 3.63) is 53.0 Å². The van der Waals surface area contributed by atoms with Crippen LogP contribution in [0.25, 0.3) is 0 Å². The number of hydroxylamine groups is 1. The van der Waals surface area contributed by atoms with E-state index in [0.717, 1.165) is 6.42 Å². The molecule has 5 nitrogen and oxygen atoms in total. The van der Waals surface area contributed by atoms with Crippen molar-refractivity contribution < 1.29 is 4.86 Å². The zero-order valence-corrected chi connectivity index (χ0v) is 8.18. The van der Waals surface area contributed by atoms with Crippen molar-refractivity contribution in [1.29, 1.82) is 0 Å². The van der Waals surface area contributed by atoms with Crippen molar-refractivity contribution in [2.75, 3.05) is 0 Å². The summed E-state index contributed by atoms with van der Waals surface area (Å²) in [6.45, 7) is 0. The first-order valence-electron chi connectivity index (χ1n) is 4.77. The fourth-order valence-corrected chi connectivity index (χ4v) is 1.39. The summed E-state index contributed by atoms with van der Waals surface area (Å²) in [5.41, 5.74) is 6.89. The van der Waals surface area contributed by atoms with E-state index in [4.69, 9.17) is 0 Å². The Balaban J connectivity index is 1.94. The summed E-state index contributed by atoms with van der Waals surface area (Å²) >= 11 is 0. The van der Waals surface area contributed by atoms with Crippen LogP contribution in [-0.4, -0.2) is 4.86 Å². The first-order chi connectivity index (χ1) is 7.36. The summed E-state index contributed by atoms with van der Waals surface area (Å²) in [4.78, 5) is 0.597. The molecular weight excluding hydrogens is 192 g/mol.